The monoisotopic (exact) mass is 355 g/mol. The van der Waals surface area contributed by atoms with E-state index in [1.807, 2.05) is 0 Å². The van der Waals surface area contributed by atoms with Gasteiger partial charge in [-0.15, -0.1) is 0 Å². The van der Waals surface area contributed by atoms with Crippen molar-refractivity contribution in [3.05, 3.63) is 53.1 Å². The highest BCUT2D eigenvalue weighted by Crippen LogP contribution is 2.28. The number of rotatable bonds is 5. The zero-order chi connectivity index (χ0) is 17.0. The van der Waals surface area contributed by atoms with E-state index in [4.69, 9.17) is 16.3 Å². The summed E-state index contributed by atoms with van der Waals surface area (Å²) in [6.07, 6.45) is 0. The summed E-state index contributed by atoms with van der Waals surface area (Å²) >= 11 is 5.95. The third-order valence-corrected chi connectivity index (χ3v) is 4.64. The van der Waals surface area contributed by atoms with Gasteiger partial charge < -0.3 is 9.47 Å². The molecule has 6 nitrogen and oxygen atoms in total. The van der Waals surface area contributed by atoms with E-state index in [0.717, 1.165) is 0 Å². The number of esters is 1. The number of hydrogen-bond acceptors (Lipinski definition) is 5. The molecule has 0 aliphatic carbocycles. The Morgan fingerprint density at radius 2 is 1.87 bits per heavy atom. The molecule has 0 saturated heterocycles. The van der Waals surface area contributed by atoms with Crippen molar-refractivity contribution in [2.45, 2.75) is 4.90 Å². The number of carbonyl (C=O) groups excluding carboxylic acids is 1. The minimum absolute atomic E-state index is 0.0215. The van der Waals surface area contributed by atoms with E-state index >= 15 is 0 Å². The maximum atomic E-state index is 12.4. The van der Waals surface area contributed by atoms with Crippen LogP contribution in [0.2, 0.25) is 5.02 Å². The number of halogens is 1. The molecular formula is C15H14ClNO5S. The lowest BCUT2D eigenvalue weighted by Crippen LogP contribution is -2.13. The predicted molar refractivity (Wildman–Crippen MR) is 86.6 cm³/mol. The van der Waals surface area contributed by atoms with Gasteiger partial charge in [0.15, 0.2) is 0 Å². The Kier molecular flexibility index (Phi) is 5.12. The summed E-state index contributed by atoms with van der Waals surface area (Å²) in [5.41, 5.74) is 0.473. The second-order valence-corrected chi connectivity index (χ2v) is 6.56. The maximum Gasteiger partial charge on any atom is 0.337 e. The Hall–Kier alpha value is -2.25. The van der Waals surface area contributed by atoms with Crippen molar-refractivity contribution in [3.8, 4) is 5.75 Å². The molecule has 0 atom stereocenters. The molecule has 0 aliphatic heterocycles. The molecule has 0 bridgehead atoms. The molecular weight excluding hydrogens is 342 g/mol. The molecule has 0 heterocycles. The van der Waals surface area contributed by atoms with E-state index in [0.29, 0.717) is 5.75 Å². The second-order valence-electron chi connectivity index (χ2n) is 4.47. The van der Waals surface area contributed by atoms with Crippen LogP contribution in [0.4, 0.5) is 5.69 Å². The van der Waals surface area contributed by atoms with Crippen LogP contribution in [-0.2, 0) is 14.8 Å². The fraction of sp³-hybridized carbons (Fsp3) is 0.133. The highest BCUT2D eigenvalue weighted by Gasteiger charge is 2.17. The van der Waals surface area contributed by atoms with Crippen LogP contribution in [0.25, 0.3) is 0 Å². The third-order valence-electron chi connectivity index (χ3n) is 2.97. The zero-order valence-corrected chi connectivity index (χ0v) is 13.9. The van der Waals surface area contributed by atoms with Crippen LogP contribution in [0, 0.1) is 0 Å². The standard InChI is InChI=1S/C15H14ClNO5S/c1-21-14-7-6-12(9-13(14)16)23(19,20)17-11-5-3-4-10(8-11)15(18)22-2/h3-9,17H,1-2H3. The van der Waals surface area contributed by atoms with Crippen LogP contribution >= 0.6 is 11.6 Å². The van der Waals surface area contributed by atoms with Gasteiger partial charge in [0, 0.05) is 5.69 Å². The molecule has 8 heteroatoms. The summed E-state index contributed by atoms with van der Waals surface area (Å²) in [6, 6.07) is 10.1. The topological polar surface area (TPSA) is 81.7 Å². The minimum Gasteiger partial charge on any atom is -0.495 e. The maximum absolute atomic E-state index is 12.4. The van der Waals surface area contributed by atoms with Gasteiger partial charge in [0.25, 0.3) is 10.0 Å². The Labute approximate surface area is 139 Å². The summed E-state index contributed by atoms with van der Waals surface area (Å²) in [7, 11) is -1.17. The number of ether oxygens (including phenoxy) is 2. The Balaban J connectivity index is 2.31. The molecule has 0 unspecified atom stereocenters. The van der Waals surface area contributed by atoms with Gasteiger partial charge in [0.05, 0.1) is 29.7 Å². The van der Waals surface area contributed by atoms with E-state index in [-0.39, 0.29) is 21.2 Å². The predicted octanol–water partition coefficient (Wildman–Crippen LogP) is 2.94. The zero-order valence-electron chi connectivity index (χ0n) is 12.4. The van der Waals surface area contributed by atoms with Gasteiger partial charge in [-0.25, -0.2) is 13.2 Å². The van der Waals surface area contributed by atoms with Gasteiger partial charge in [-0.3, -0.25) is 4.72 Å². The molecule has 0 aliphatic rings. The highest BCUT2D eigenvalue weighted by molar-refractivity contribution is 7.92. The lowest BCUT2D eigenvalue weighted by Gasteiger charge is -2.10. The van der Waals surface area contributed by atoms with Crippen molar-refractivity contribution in [2.24, 2.45) is 0 Å². The Morgan fingerprint density at radius 1 is 1.13 bits per heavy atom. The van der Waals surface area contributed by atoms with Crippen LogP contribution in [-0.4, -0.2) is 28.6 Å². The quantitative estimate of drug-likeness (QED) is 0.834. The number of benzene rings is 2. The molecule has 2 aromatic carbocycles. The number of hydrogen-bond donors (Lipinski definition) is 1. The summed E-state index contributed by atoms with van der Waals surface area (Å²) in [4.78, 5) is 11.5. The summed E-state index contributed by atoms with van der Waals surface area (Å²) in [5.74, 6) is -0.183. The number of nitrogens with one attached hydrogen (secondary N) is 1. The SMILES string of the molecule is COC(=O)c1cccc(NS(=O)(=O)c2ccc(OC)c(Cl)c2)c1. The molecule has 2 aromatic rings. The van der Waals surface area contributed by atoms with E-state index in [9.17, 15) is 13.2 Å². The van der Waals surface area contributed by atoms with Gasteiger partial charge in [-0.2, -0.15) is 0 Å². The number of methoxy groups -OCH3 is 2. The molecule has 122 valence electrons. The molecule has 0 radical (unpaired) electrons. The Bertz CT molecular complexity index is 836. The fourth-order valence-electron chi connectivity index (χ4n) is 1.86. The molecule has 2 rings (SSSR count). The first-order chi connectivity index (χ1) is 10.9. The van der Waals surface area contributed by atoms with Crippen molar-refractivity contribution in [1.82, 2.24) is 0 Å². The molecule has 0 amide bonds. The summed E-state index contributed by atoms with van der Waals surface area (Å²) in [5, 5.41) is 0.179. The molecule has 1 N–H and O–H groups in total. The van der Waals surface area contributed by atoms with Gasteiger partial charge >= 0.3 is 5.97 Å². The lowest BCUT2D eigenvalue weighted by atomic mass is 10.2. The normalized spacial score (nSPS) is 10.9. The molecule has 0 spiro atoms. The molecule has 0 saturated carbocycles. The largest absolute Gasteiger partial charge is 0.495 e. The van der Waals surface area contributed by atoms with Crippen molar-refractivity contribution in [2.75, 3.05) is 18.9 Å². The van der Waals surface area contributed by atoms with Gasteiger partial charge in [-0.05, 0) is 36.4 Å². The first-order valence-electron chi connectivity index (χ1n) is 6.42. The van der Waals surface area contributed by atoms with Gasteiger partial charge in [0.2, 0.25) is 0 Å². The first-order valence-corrected chi connectivity index (χ1v) is 8.28. The lowest BCUT2D eigenvalue weighted by molar-refractivity contribution is 0.0601. The summed E-state index contributed by atoms with van der Waals surface area (Å²) in [6.45, 7) is 0. The van der Waals surface area contributed by atoms with Gasteiger partial charge in [-0.1, -0.05) is 17.7 Å². The van der Waals surface area contributed by atoms with E-state index < -0.39 is 16.0 Å². The minimum atomic E-state index is -3.85. The van der Waals surface area contributed by atoms with Gasteiger partial charge in [0.1, 0.15) is 5.75 Å². The van der Waals surface area contributed by atoms with Crippen molar-refractivity contribution in [3.63, 3.8) is 0 Å². The van der Waals surface area contributed by atoms with E-state index in [1.165, 1.54) is 50.6 Å². The average molecular weight is 356 g/mol. The van der Waals surface area contributed by atoms with Crippen molar-refractivity contribution >= 4 is 33.3 Å². The molecule has 0 aromatic heterocycles. The Morgan fingerprint density at radius 3 is 2.48 bits per heavy atom. The second kappa shape index (κ2) is 6.89. The van der Waals surface area contributed by atoms with Crippen LogP contribution in [0.3, 0.4) is 0 Å². The third kappa shape index (κ3) is 3.94. The average Bonchev–Trinajstić information content (AvgIpc) is 2.53. The number of sulfonamides is 1. The highest BCUT2D eigenvalue weighted by atomic mass is 35.5. The fourth-order valence-corrected chi connectivity index (χ4v) is 3.25. The van der Waals surface area contributed by atoms with Crippen molar-refractivity contribution < 1.29 is 22.7 Å². The van der Waals surface area contributed by atoms with Crippen LogP contribution in [0.15, 0.2) is 47.4 Å². The van der Waals surface area contributed by atoms with Crippen LogP contribution in [0.5, 0.6) is 5.75 Å². The van der Waals surface area contributed by atoms with Crippen LogP contribution in [0.1, 0.15) is 10.4 Å². The van der Waals surface area contributed by atoms with Crippen LogP contribution < -0.4 is 9.46 Å². The van der Waals surface area contributed by atoms with E-state index in [1.54, 1.807) is 6.07 Å². The van der Waals surface area contributed by atoms with E-state index in [2.05, 4.69) is 9.46 Å². The summed E-state index contributed by atoms with van der Waals surface area (Å²) < 4.78 is 36.7. The van der Waals surface area contributed by atoms with Crippen molar-refractivity contribution in [1.29, 1.82) is 0 Å². The molecule has 23 heavy (non-hydrogen) atoms. The molecule has 0 fully saturated rings. The number of anilines is 1. The number of carbonyl (C=O) groups is 1. The first kappa shape index (κ1) is 17.1. The smallest absolute Gasteiger partial charge is 0.337 e.